The van der Waals surface area contributed by atoms with Crippen LogP contribution in [0.4, 0.5) is 0 Å². The van der Waals surface area contributed by atoms with Crippen LogP contribution in [-0.2, 0) is 22.4 Å². The molecule has 2 aromatic carbocycles. The predicted octanol–water partition coefficient (Wildman–Crippen LogP) is 4.22. The first-order valence-corrected chi connectivity index (χ1v) is 10.5. The van der Waals surface area contributed by atoms with Crippen molar-refractivity contribution in [2.24, 2.45) is 0 Å². The topological polar surface area (TPSA) is 49.4 Å². The Hall–Kier alpha value is -2.62. The van der Waals surface area contributed by atoms with Gasteiger partial charge in [0.05, 0.1) is 6.42 Å². The third-order valence-electron chi connectivity index (χ3n) is 5.23. The molecule has 156 valence electrons. The lowest BCUT2D eigenvalue weighted by molar-refractivity contribution is -0.140. The predicted molar refractivity (Wildman–Crippen MR) is 119 cm³/mol. The van der Waals surface area contributed by atoms with Gasteiger partial charge in [-0.25, -0.2) is 0 Å². The number of hydrogen-bond acceptors (Lipinski definition) is 2. The van der Waals surface area contributed by atoms with Gasteiger partial charge in [-0.1, -0.05) is 55.5 Å². The first-order chi connectivity index (χ1) is 13.8. The summed E-state index contributed by atoms with van der Waals surface area (Å²) in [6, 6.07) is 15.8. The van der Waals surface area contributed by atoms with E-state index in [4.69, 9.17) is 0 Å². The molecular weight excluding hydrogens is 360 g/mol. The molecule has 4 heteroatoms. The van der Waals surface area contributed by atoms with Crippen LogP contribution in [0.3, 0.4) is 0 Å². The van der Waals surface area contributed by atoms with Crippen molar-refractivity contribution in [2.75, 3.05) is 6.54 Å². The Bertz CT molecular complexity index is 815. The van der Waals surface area contributed by atoms with Gasteiger partial charge in [0.1, 0.15) is 6.04 Å². The van der Waals surface area contributed by atoms with E-state index in [-0.39, 0.29) is 17.9 Å². The molecule has 0 saturated carbocycles. The second-order valence-corrected chi connectivity index (χ2v) is 8.01. The molecule has 0 bridgehead atoms. The maximum atomic E-state index is 13.3. The SMILES string of the molecule is CC[C@@H](C(=O)NC(C)C)N(CCc1ccccc1)C(=O)Cc1ccc(C)c(C)c1. The van der Waals surface area contributed by atoms with E-state index in [2.05, 4.69) is 43.4 Å². The molecular formula is C25H34N2O2. The van der Waals surface area contributed by atoms with Gasteiger partial charge in [-0.05, 0) is 62.8 Å². The van der Waals surface area contributed by atoms with Crippen molar-refractivity contribution in [3.63, 3.8) is 0 Å². The van der Waals surface area contributed by atoms with Gasteiger partial charge in [-0.15, -0.1) is 0 Å². The van der Waals surface area contributed by atoms with Crippen molar-refractivity contribution >= 4 is 11.8 Å². The first kappa shape index (κ1) is 22.7. The number of carbonyl (C=O) groups is 2. The van der Waals surface area contributed by atoms with Gasteiger partial charge in [0.15, 0.2) is 0 Å². The van der Waals surface area contributed by atoms with Crippen LogP contribution < -0.4 is 5.32 Å². The van der Waals surface area contributed by atoms with Crippen LogP contribution >= 0.6 is 0 Å². The maximum absolute atomic E-state index is 13.3. The molecule has 1 atom stereocenters. The largest absolute Gasteiger partial charge is 0.352 e. The highest BCUT2D eigenvalue weighted by Gasteiger charge is 2.28. The van der Waals surface area contributed by atoms with Gasteiger partial charge in [0.2, 0.25) is 11.8 Å². The quantitative estimate of drug-likeness (QED) is 0.692. The Labute approximate surface area is 175 Å². The highest BCUT2D eigenvalue weighted by molar-refractivity contribution is 5.88. The van der Waals surface area contributed by atoms with Gasteiger partial charge in [-0.3, -0.25) is 9.59 Å². The van der Waals surface area contributed by atoms with Gasteiger partial charge in [0.25, 0.3) is 0 Å². The minimum absolute atomic E-state index is 0.00468. The van der Waals surface area contributed by atoms with E-state index in [1.165, 1.54) is 11.1 Å². The Morgan fingerprint density at radius 1 is 0.966 bits per heavy atom. The van der Waals surface area contributed by atoms with Crippen LogP contribution in [0.5, 0.6) is 0 Å². The molecule has 0 heterocycles. The third-order valence-corrected chi connectivity index (χ3v) is 5.23. The lowest BCUT2D eigenvalue weighted by Crippen LogP contribution is -2.51. The van der Waals surface area contributed by atoms with Crippen LogP contribution in [0.15, 0.2) is 48.5 Å². The summed E-state index contributed by atoms with van der Waals surface area (Å²) in [4.78, 5) is 27.8. The molecule has 2 amide bonds. The zero-order valence-electron chi connectivity index (χ0n) is 18.4. The van der Waals surface area contributed by atoms with Gasteiger partial charge in [0, 0.05) is 12.6 Å². The summed E-state index contributed by atoms with van der Waals surface area (Å²) >= 11 is 0. The summed E-state index contributed by atoms with van der Waals surface area (Å²) in [6.45, 7) is 10.5. The normalized spacial score (nSPS) is 11.9. The fraction of sp³-hybridized carbons (Fsp3) is 0.440. The van der Waals surface area contributed by atoms with Crippen molar-refractivity contribution in [3.8, 4) is 0 Å². The Balaban J connectivity index is 2.22. The van der Waals surface area contributed by atoms with Crippen LogP contribution in [-0.4, -0.2) is 35.3 Å². The molecule has 0 aliphatic carbocycles. The van der Waals surface area contributed by atoms with E-state index in [1.54, 1.807) is 4.90 Å². The summed E-state index contributed by atoms with van der Waals surface area (Å²) < 4.78 is 0. The summed E-state index contributed by atoms with van der Waals surface area (Å²) in [5, 5.41) is 2.97. The highest BCUT2D eigenvalue weighted by Crippen LogP contribution is 2.15. The number of benzene rings is 2. The summed E-state index contributed by atoms with van der Waals surface area (Å²) in [6.07, 6.45) is 1.62. The van der Waals surface area contributed by atoms with Crippen molar-refractivity contribution in [1.82, 2.24) is 10.2 Å². The van der Waals surface area contributed by atoms with E-state index >= 15 is 0 Å². The zero-order valence-corrected chi connectivity index (χ0v) is 18.4. The van der Waals surface area contributed by atoms with E-state index in [1.807, 2.05) is 45.0 Å². The van der Waals surface area contributed by atoms with Crippen LogP contribution in [0.2, 0.25) is 0 Å². The van der Waals surface area contributed by atoms with E-state index in [0.717, 1.165) is 17.5 Å². The molecule has 29 heavy (non-hydrogen) atoms. The van der Waals surface area contributed by atoms with Crippen LogP contribution in [0, 0.1) is 13.8 Å². The fourth-order valence-electron chi connectivity index (χ4n) is 3.47. The second-order valence-electron chi connectivity index (χ2n) is 8.01. The van der Waals surface area contributed by atoms with Crippen molar-refractivity contribution in [2.45, 2.75) is 66.0 Å². The second kappa shape index (κ2) is 10.8. The summed E-state index contributed by atoms with van der Waals surface area (Å²) in [5.41, 5.74) is 4.54. The minimum Gasteiger partial charge on any atom is -0.352 e. The molecule has 0 saturated heterocycles. The molecule has 2 rings (SSSR count). The zero-order chi connectivity index (χ0) is 21.4. The lowest BCUT2D eigenvalue weighted by atomic mass is 10.0. The fourth-order valence-corrected chi connectivity index (χ4v) is 3.47. The maximum Gasteiger partial charge on any atom is 0.242 e. The molecule has 0 unspecified atom stereocenters. The van der Waals surface area contributed by atoms with Gasteiger partial charge >= 0.3 is 0 Å². The average Bonchev–Trinajstić information content (AvgIpc) is 2.68. The number of rotatable bonds is 9. The van der Waals surface area contributed by atoms with E-state index in [0.29, 0.717) is 19.4 Å². The molecule has 2 aromatic rings. The monoisotopic (exact) mass is 394 g/mol. The Morgan fingerprint density at radius 2 is 1.66 bits per heavy atom. The van der Waals surface area contributed by atoms with Gasteiger partial charge in [-0.2, -0.15) is 0 Å². The smallest absolute Gasteiger partial charge is 0.242 e. The minimum atomic E-state index is -0.458. The number of carbonyl (C=O) groups excluding carboxylic acids is 2. The molecule has 0 fully saturated rings. The van der Waals surface area contributed by atoms with E-state index < -0.39 is 6.04 Å². The highest BCUT2D eigenvalue weighted by atomic mass is 16.2. The molecule has 0 aromatic heterocycles. The molecule has 0 spiro atoms. The number of hydrogen-bond donors (Lipinski definition) is 1. The first-order valence-electron chi connectivity index (χ1n) is 10.5. The summed E-state index contributed by atoms with van der Waals surface area (Å²) in [5.74, 6) is -0.0843. The molecule has 0 aliphatic rings. The molecule has 0 aliphatic heterocycles. The molecule has 1 N–H and O–H groups in total. The van der Waals surface area contributed by atoms with Crippen molar-refractivity contribution in [1.29, 1.82) is 0 Å². The molecule has 0 radical (unpaired) electrons. The van der Waals surface area contributed by atoms with Crippen molar-refractivity contribution < 1.29 is 9.59 Å². The third kappa shape index (κ3) is 6.74. The number of aryl methyl sites for hydroxylation is 2. The lowest BCUT2D eigenvalue weighted by Gasteiger charge is -2.31. The Kier molecular flexibility index (Phi) is 8.44. The van der Waals surface area contributed by atoms with E-state index in [9.17, 15) is 9.59 Å². The van der Waals surface area contributed by atoms with Crippen LogP contribution in [0.25, 0.3) is 0 Å². The number of nitrogens with zero attached hydrogens (tertiary/aromatic N) is 1. The number of amides is 2. The number of nitrogens with one attached hydrogen (secondary N) is 1. The van der Waals surface area contributed by atoms with Crippen LogP contribution in [0.1, 0.15) is 49.4 Å². The summed E-state index contributed by atoms with van der Waals surface area (Å²) in [7, 11) is 0. The van der Waals surface area contributed by atoms with Gasteiger partial charge < -0.3 is 10.2 Å². The Morgan fingerprint density at radius 3 is 2.24 bits per heavy atom. The van der Waals surface area contributed by atoms with Crippen molar-refractivity contribution in [3.05, 3.63) is 70.8 Å². The average molecular weight is 395 g/mol. The standard InChI is InChI=1S/C25H34N2O2/c1-6-23(25(29)26-18(2)3)27(15-14-21-10-8-7-9-11-21)24(28)17-22-13-12-19(4)20(5)16-22/h7-13,16,18,23H,6,14-15,17H2,1-5H3,(H,26,29)/t23-/m0/s1. The molecule has 4 nitrogen and oxygen atoms in total.